The first kappa shape index (κ1) is 6.78. The number of nitroso groups, excluding NO2 is 1. The zero-order valence-electron chi connectivity index (χ0n) is 6.14. The molecule has 5 nitrogen and oxygen atoms in total. The summed E-state index contributed by atoms with van der Waals surface area (Å²) in [6.45, 7) is 0. The van der Waals surface area contributed by atoms with Gasteiger partial charge in [-0.05, 0) is 18.2 Å². The van der Waals surface area contributed by atoms with Crippen LogP contribution in [0.1, 0.15) is 0 Å². The van der Waals surface area contributed by atoms with Crippen molar-refractivity contribution in [3.63, 3.8) is 0 Å². The number of anilines is 1. The molecule has 0 atom stereocenters. The molecule has 0 amide bonds. The van der Waals surface area contributed by atoms with Crippen molar-refractivity contribution in [2.45, 2.75) is 0 Å². The highest BCUT2D eigenvalue weighted by molar-refractivity contribution is 5.81. The molecule has 0 saturated heterocycles. The van der Waals surface area contributed by atoms with Gasteiger partial charge in [0, 0.05) is 11.1 Å². The highest BCUT2D eigenvalue weighted by Gasteiger charge is 2.01. The third-order valence-electron chi connectivity index (χ3n) is 1.65. The van der Waals surface area contributed by atoms with E-state index in [-0.39, 0.29) is 0 Å². The van der Waals surface area contributed by atoms with E-state index in [9.17, 15) is 4.91 Å². The number of benzene rings is 1. The van der Waals surface area contributed by atoms with Crippen LogP contribution in [-0.4, -0.2) is 9.89 Å². The van der Waals surface area contributed by atoms with E-state index in [1.54, 1.807) is 24.4 Å². The molecule has 1 aromatic heterocycles. The van der Waals surface area contributed by atoms with Gasteiger partial charge < -0.3 is 5.73 Å². The summed E-state index contributed by atoms with van der Waals surface area (Å²) in [6.07, 6.45) is 1.57. The van der Waals surface area contributed by atoms with Crippen LogP contribution in [0, 0.1) is 4.91 Å². The summed E-state index contributed by atoms with van der Waals surface area (Å²) < 4.78 is 0. The maximum absolute atomic E-state index is 10.2. The average Bonchev–Trinajstić information content (AvgIpc) is 2.46. The summed E-state index contributed by atoms with van der Waals surface area (Å²) in [4.78, 5) is 11.2. The lowest BCUT2D eigenvalue weighted by Gasteiger charge is -1.92. The first-order valence-electron chi connectivity index (χ1n) is 3.38. The molecule has 0 bridgehead atoms. The third-order valence-corrected chi connectivity index (χ3v) is 1.65. The molecule has 0 aliphatic heterocycles. The summed E-state index contributed by atoms with van der Waals surface area (Å²) in [5, 5.41) is 7.29. The maximum atomic E-state index is 10.2. The molecular weight excluding hydrogens is 156 g/mol. The monoisotopic (exact) mass is 162 g/mol. The second-order valence-electron chi connectivity index (χ2n) is 2.43. The second kappa shape index (κ2) is 2.30. The standard InChI is InChI=1S/C7H6N4O/c8-6-2-1-5-4-9-11(10-12)7(5)3-6/h1-4H,8H2. The van der Waals surface area contributed by atoms with Gasteiger partial charge in [-0.3, -0.25) is 0 Å². The normalized spacial score (nSPS) is 10.3. The summed E-state index contributed by atoms with van der Waals surface area (Å²) in [5.74, 6) is 0. The molecular formula is C7H6N4O. The summed E-state index contributed by atoms with van der Waals surface area (Å²) in [6, 6.07) is 5.20. The van der Waals surface area contributed by atoms with Gasteiger partial charge in [0.15, 0.2) is 0 Å². The Morgan fingerprint density at radius 2 is 2.33 bits per heavy atom. The van der Waals surface area contributed by atoms with Crippen molar-refractivity contribution >= 4 is 16.6 Å². The SMILES string of the molecule is Nc1ccc2cnn(N=O)c2c1. The Balaban J connectivity index is 2.83. The topological polar surface area (TPSA) is 73.3 Å². The van der Waals surface area contributed by atoms with Gasteiger partial charge >= 0.3 is 0 Å². The first-order chi connectivity index (χ1) is 5.81. The van der Waals surface area contributed by atoms with Crippen molar-refractivity contribution in [2.75, 3.05) is 5.73 Å². The Hall–Kier alpha value is -1.91. The molecule has 0 aliphatic rings. The summed E-state index contributed by atoms with van der Waals surface area (Å²) >= 11 is 0. The quantitative estimate of drug-likeness (QED) is 0.504. The lowest BCUT2D eigenvalue weighted by molar-refractivity contribution is 0.761. The predicted octanol–water partition coefficient (Wildman–Crippen LogP) is 1.15. The molecule has 5 heteroatoms. The van der Waals surface area contributed by atoms with Gasteiger partial charge in [-0.25, -0.2) is 0 Å². The maximum Gasteiger partial charge on any atom is 0.0998 e. The highest BCUT2D eigenvalue weighted by atomic mass is 16.3. The van der Waals surface area contributed by atoms with E-state index < -0.39 is 0 Å². The van der Waals surface area contributed by atoms with Crippen LogP contribution in [0.5, 0.6) is 0 Å². The fraction of sp³-hybridized carbons (Fsp3) is 0. The molecule has 2 N–H and O–H groups in total. The van der Waals surface area contributed by atoms with E-state index in [2.05, 4.69) is 10.4 Å². The lowest BCUT2D eigenvalue weighted by Crippen LogP contribution is -1.89. The van der Waals surface area contributed by atoms with Crippen molar-refractivity contribution in [3.8, 4) is 0 Å². The number of nitrogen functional groups attached to an aromatic ring is 1. The molecule has 1 aromatic carbocycles. The molecule has 12 heavy (non-hydrogen) atoms. The van der Waals surface area contributed by atoms with Crippen LogP contribution in [0.2, 0.25) is 0 Å². The minimum absolute atomic E-state index is 0.591. The molecule has 0 fully saturated rings. The molecule has 0 spiro atoms. The van der Waals surface area contributed by atoms with Crippen LogP contribution in [0.4, 0.5) is 5.69 Å². The van der Waals surface area contributed by atoms with Crippen molar-refractivity contribution in [1.29, 1.82) is 0 Å². The van der Waals surface area contributed by atoms with E-state index in [1.807, 2.05) is 0 Å². The van der Waals surface area contributed by atoms with Crippen LogP contribution < -0.4 is 5.73 Å². The molecule has 2 rings (SSSR count). The van der Waals surface area contributed by atoms with E-state index >= 15 is 0 Å². The highest BCUT2D eigenvalue weighted by Crippen LogP contribution is 2.16. The van der Waals surface area contributed by atoms with Gasteiger partial charge in [-0.2, -0.15) is 5.10 Å². The molecule has 0 saturated carbocycles. The van der Waals surface area contributed by atoms with Gasteiger partial charge in [0.25, 0.3) is 0 Å². The zero-order valence-corrected chi connectivity index (χ0v) is 6.14. The predicted molar refractivity (Wildman–Crippen MR) is 45.3 cm³/mol. The van der Waals surface area contributed by atoms with Gasteiger partial charge in [0.2, 0.25) is 0 Å². The molecule has 60 valence electrons. The number of aromatic nitrogens is 2. The Morgan fingerprint density at radius 3 is 3.08 bits per heavy atom. The number of rotatable bonds is 1. The Morgan fingerprint density at radius 1 is 1.50 bits per heavy atom. The number of nitrogens with zero attached hydrogens (tertiary/aromatic N) is 3. The molecule has 2 aromatic rings. The van der Waals surface area contributed by atoms with E-state index in [0.717, 1.165) is 10.2 Å². The van der Waals surface area contributed by atoms with Crippen molar-refractivity contribution in [2.24, 2.45) is 5.29 Å². The molecule has 0 radical (unpaired) electrons. The number of hydrogen-bond acceptors (Lipinski definition) is 4. The van der Waals surface area contributed by atoms with Gasteiger partial charge in [-0.1, -0.05) is 0 Å². The largest absolute Gasteiger partial charge is 0.399 e. The minimum atomic E-state index is 0.591. The average molecular weight is 162 g/mol. The van der Waals surface area contributed by atoms with Crippen molar-refractivity contribution in [3.05, 3.63) is 29.3 Å². The number of nitrogens with two attached hydrogens (primary N) is 1. The Bertz CT molecular complexity index is 434. The van der Waals surface area contributed by atoms with Gasteiger partial charge in [0.05, 0.1) is 17.0 Å². The van der Waals surface area contributed by atoms with Crippen molar-refractivity contribution in [1.82, 2.24) is 9.89 Å². The minimum Gasteiger partial charge on any atom is -0.399 e. The molecule has 1 heterocycles. The molecule has 0 aliphatic carbocycles. The van der Waals surface area contributed by atoms with Crippen LogP contribution in [0.25, 0.3) is 10.9 Å². The Labute approximate surface area is 67.7 Å². The third kappa shape index (κ3) is 0.833. The fourth-order valence-electron chi connectivity index (χ4n) is 1.09. The zero-order chi connectivity index (χ0) is 8.55. The van der Waals surface area contributed by atoms with Crippen LogP contribution in [0.3, 0.4) is 0 Å². The van der Waals surface area contributed by atoms with E-state index in [0.29, 0.717) is 11.2 Å². The number of hydrogen-bond donors (Lipinski definition) is 1. The first-order valence-corrected chi connectivity index (χ1v) is 3.38. The lowest BCUT2D eigenvalue weighted by atomic mass is 10.2. The number of fused-ring (bicyclic) bond motifs is 1. The second-order valence-corrected chi connectivity index (χ2v) is 2.43. The summed E-state index contributed by atoms with van der Waals surface area (Å²) in [7, 11) is 0. The van der Waals surface area contributed by atoms with E-state index in [4.69, 9.17) is 5.73 Å². The van der Waals surface area contributed by atoms with E-state index in [1.165, 1.54) is 0 Å². The fourth-order valence-corrected chi connectivity index (χ4v) is 1.09. The van der Waals surface area contributed by atoms with Gasteiger partial charge in [0.1, 0.15) is 0 Å². The van der Waals surface area contributed by atoms with Crippen LogP contribution in [-0.2, 0) is 0 Å². The summed E-state index contributed by atoms with van der Waals surface area (Å²) in [5.41, 5.74) is 6.74. The molecule has 0 unspecified atom stereocenters. The van der Waals surface area contributed by atoms with Crippen LogP contribution >= 0.6 is 0 Å². The van der Waals surface area contributed by atoms with Gasteiger partial charge in [-0.15, -0.1) is 9.70 Å². The smallest absolute Gasteiger partial charge is 0.0998 e. The van der Waals surface area contributed by atoms with Crippen LogP contribution in [0.15, 0.2) is 29.7 Å². The van der Waals surface area contributed by atoms with Crippen molar-refractivity contribution < 1.29 is 0 Å². The Kier molecular flexibility index (Phi) is 1.30.